The second-order valence-electron chi connectivity index (χ2n) is 3.81. The summed E-state index contributed by atoms with van der Waals surface area (Å²) < 4.78 is 0. The molecule has 1 saturated heterocycles. The highest BCUT2D eigenvalue weighted by atomic mass is 16.2. The van der Waals surface area contributed by atoms with Crippen LogP contribution >= 0.6 is 0 Å². The van der Waals surface area contributed by atoms with Gasteiger partial charge in [0.15, 0.2) is 0 Å². The summed E-state index contributed by atoms with van der Waals surface area (Å²) in [6.07, 6.45) is 2.41. The van der Waals surface area contributed by atoms with Crippen molar-refractivity contribution in [2.45, 2.75) is 31.8 Å². The molecule has 4 nitrogen and oxygen atoms in total. The SMILES string of the molecule is C[C@H](N)C(=O)NC[C@H]1CCCN1C. The average Bonchev–Trinajstić information content (AvgIpc) is 2.47. The quantitative estimate of drug-likeness (QED) is 0.626. The van der Waals surface area contributed by atoms with Crippen LogP contribution in [0, 0.1) is 0 Å². The van der Waals surface area contributed by atoms with Crippen LogP contribution in [-0.2, 0) is 4.79 Å². The number of nitrogens with two attached hydrogens (primary N) is 1. The molecule has 1 aliphatic heterocycles. The minimum atomic E-state index is -0.397. The predicted octanol–water partition coefficient (Wildman–Crippen LogP) is -0.456. The molecule has 1 heterocycles. The second-order valence-corrected chi connectivity index (χ2v) is 3.81. The Labute approximate surface area is 79.5 Å². The Kier molecular flexibility index (Phi) is 3.69. The third kappa shape index (κ3) is 2.97. The van der Waals surface area contributed by atoms with Gasteiger partial charge in [-0.05, 0) is 33.4 Å². The molecule has 1 rings (SSSR count). The maximum Gasteiger partial charge on any atom is 0.236 e. The van der Waals surface area contributed by atoms with E-state index in [4.69, 9.17) is 5.73 Å². The van der Waals surface area contributed by atoms with Crippen LogP contribution in [0.5, 0.6) is 0 Å². The Morgan fingerprint density at radius 1 is 1.77 bits per heavy atom. The van der Waals surface area contributed by atoms with E-state index in [0.29, 0.717) is 6.04 Å². The van der Waals surface area contributed by atoms with Crippen LogP contribution in [0.4, 0.5) is 0 Å². The van der Waals surface area contributed by atoms with Crippen molar-refractivity contribution >= 4 is 5.91 Å². The number of carbonyl (C=O) groups excluding carboxylic acids is 1. The molecule has 0 aromatic rings. The van der Waals surface area contributed by atoms with Crippen LogP contribution in [0.15, 0.2) is 0 Å². The first-order valence-electron chi connectivity index (χ1n) is 4.85. The van der Waals surface area contributed by atoms with Gasteiger partial charge in [-0.3, -0.25) is 4.79 Å². The van der Waals surface area contributed by atoms with Gasteiger partial charge < -0.3 is 16.0 Å². The molecule has 1 aliphatic rings. The first-order valence-corrected chi connectivity index (χ1v) is 4.85. The van der Waals surface area contributed by atoms with Gasteiger partial charge in [-0.1, -0.05) is 0 Å². The first-order chi connectivity index (χ1) is 6.11. The lowest BCUT2D eigenvalue weighted by Gasteiger charge is -2.20. The van der Waals surface area contributed by atoms with E-state index in [2.05, 4.69) is 17.3 Å². The zero-order valence-corrected chi connectivity index (χ0v) is 8.42. The van der Waals surface area contributed by atoms with Crippen molar-refractivity contribution < 1.29 is 4.79 Å². The summed E-state index contributed by atoms with van der Waals surface area (Å²) in [4.78, 5) is 13.4. The number of nitrogens with zero attached hydrogens (tertiary/aromatic N) is 1. The topological polar surface area (TPSA) is 58.4 Å². The Balaban J connectivity index is 2.22. The Hall–Kier alpha value is -0.610. The van der Waals surface area contributed by atoms with E-state index in [1.807, 2.05) is 0 Å². The number of likely N-dealkylation sites (tertiary alicyclic amines) is 1. The van der Waals surface area contributed by atoms with Crippen molar-refractivity contribution in [1.29, 1.82) is 0 Å². The largest absolute Gasteiger partial charge is 0.353 e. The van der Waals surface area contributed by atoms with E-state index in [-0.39, 0.29) is 5.91 Å². The minimum absolute atomic E-state index is 0.0553. The average molecular weight is 185 g/mol. The lowest BCUT2D eigenvalue weighted by atomic mass is 10.2. The number of rotatable bonds is 3. The summed E-state index contributed by atoms with van der Waals surface area (Å²) in [5.41, 5.74) is 5.43. The zero-order chi connectivity index (χ0) is 9.84. The van der Waals surface area contributed by atoms with Crippen molar-refractivity contribution in [2.24, 2.45) is 5.73 Å². The molecule has 0 spiro atoms. The van der Waals surface area contributed by atoms with Gasteiger partial charge in [0, 0.05) is 12.6 Å². The van der Waals surface area contributed by atoms with Crippen molar-refractivity contribution in [3.63, 3.8) is 0 Å². The van der Waals surface area contributed by atoms with E-state index in [1.54, 1.807) is 6.92 Å². The molecular formula is C9H19N3O. The highest BCUT2D eigenvalue weighted by Crippen LogP contribution is 2.13. The number of hydrogen-bond donors (Lipinski definition) is 2. The predicted molar refractivity (Wildman–Crippen MR) is 52.3 cm³/mol. The molecule has 0 radical (unpaired) electrons. The summed E-state index contributed by atoms with van der Waals surface area (Å²) in [6, 6.07) is 0.106. The van der Waals surface area contributed by atoms with E-state index in [9.17, 15) is 4.79 Å². The van der Waals surface area contributed by atoms with E-state index < -0.39 is 6.04 Å². The number of carbonyl (C=O) groups is 1. The summed E-state index contributed by atoms with van der Waals surface area (Å²) >= 11 is 0. The van der Waals surface area contributed by atoms with E-state index >= 15 is 0 Å². The van der Waals surface area contributed by atoms with Crippen molar-refractivity contribution in [2.75, 3.05) is 20.1 Å². The third-order valence-electron chi connectivity index (χ3n) is 2.60. The summed E-state index contributed by atoms with van der Waals surface area (Å²) in [5, 5.41) is 2.85. The lowest BCUT2D eigenvalue weighted by Crippen LogP contribution is -2.44. The fourth-order valence-corrected chi connectivity index (χ4v) is 1.62. The van der Waals surface area contributed by atoms with Gasteiger partial charge in [0.1, 0.15) is 0 Å². The van der Waals surface area contributed by atoms with Crippen LogP contribution in [0.25, 0.3) is 0 Å². The van der Waals surface area contributed by atoms with Crippen molar-refractivity contribution in [1.82, 2.24) is 10.2 Å². The number of hydrogen-bond acceptors (Lipinski definition) is 3. The molecule has 1 fully saturated rings. The van der Waals surface area contributed by atoms with Gasteiger partial charge in [-0.2, -0.15) is 0 Å². The number of amides is 1. The third-order valence-corrected chi connectivity index (χ3v) is 2.60. The molecule has 13 heavy (non-hydrogen) atoms. The molecule has 0 aromatic carbocycles. The Morgan fingerprint density at radius 3 is 2.92 bits per heavy atom. The van der Waals surface area contributed by atoms with Gasteiger partial charge >= 0.3 is 0 Å². The Bertz CT molecular complexity index is 182. The monoisotopic (exact) mass is 185 g/mol. The van der Waals surface area contributed by atoms with Crippen LogP contribution in [0.2, 0.25) is 0 Å². The fourth-order valence-electron chi connectivity index (χ4n) is 1.62. The van der Waals surface area contributed by atoms with Crippen LogP contribution in [-0.4, -0.2) is 43.0 Å². The maximum absolute atomic E-state index is 11.2. The van der Waals surface area contributed by atoms with Crippen LogP contribution in [0.3, 0.4) is 0 Å². The summed E-state index contributed by atoms with van der Waals surface area (Å²) in [6.45, 7) is 3.57. The van der Waals surface area contributed by atoms with Gasteiger partial charge in [-0.25, -0.2) is 0 Å². The minimum Gasteiger partial charge on any atom is -0.353 e. The number of nitrogens with one attached hydrogen (secondary N) is 1. The molecule has 0 aromatic heterocycles. The number of likely N-dealkylation sites (N-methyl/N-ethyl adjacent to an activating group) is 1. The molecule has 0 unspecified atom stereocenters. The highest BCUT2D eigenvalue weighted by molar-refractivity contribution is 5.80. The molecule has 0 bridgehead atoms. The normalized spacial score (nSPS) is 25.9. The molecule has 0 saturated carbocycles. The summed E-state index contributed by atoms with van der Waals surface area (Å²) in [7, 11) is 2.09. The molecule has 0 aliphatic carbocycles. The molecule has 76 valence electrons. The molecule has 1 amide bonds. The van der Waals surface area contributed by atoms with Gasteiger partial charge in [-0.15, -0.1) is 0 Å². The van der Waals surface area contributed by atoms with Crippen molar-refractivity contribution in [3.8, 4) is 0 Å². The molecular weight excluding hydrogens is 166 g/mol. The maximum atomic E-state index is 11.2. The first kappa shape index (κ1) is 10.5. The van der Waals surface area contributed by atoms with E-state index in [1.165, 1.54) is 12.8 Å². The highest BCUT2D eigenvalue weighted by Gasteiger charge is 2.21. The smallest absolute Gasteiger partial charge is 0.236 e. The standard InChI is InChI=1S/C9H19N3O/c1-7(10)9(13)11-6-8-4-3-5-12(8)2/h7-8H,3-6,10H2,1-2H3,(H,11,13)/t7-,8+/m0/s1. The zero-order valence-electron chi connectivity index (χ0n) is 8.42. The lowest BCUT2D eigenvalue weighted by molar-refractivity contribution is -0.122. The van der Waals surface area contributed by atoms with Crippen LogP contribution < -0.4 is 11.1 Å². The molecule has 4 heteroatoms. The molecule has 3 N–H and O–H groups in total. The second kappa shape index (κ2) is 4.58. The summed E-state index contributed by atoms with van der Waals surface area (Å²) in [5.74, 6) is -0.0553. The van der Waals surface area contributed by atoms with Gasteiger partial charge in [0.05, 0.1) is 6.04 Å². The van der Waals surface area contributed by atoms with Gasteiger partial charge in [0.25, 0.3) is 0 Å². The Morgan fingerprint density at radius 2 is 2.46 bits per heavy atom. The van der Waals surface area contributed by atoms with E-state index in [0.717, 1.165) is 13.1 Å². The van der Waals surface area contributed by atoms with Crippen LogP contribution in [0.1, 0.15) is 19.8 Å². The van der Waals surface area contributed by atoms with Gasteiger partial charge in [0.2, 0.25) is 5.91 Å². The van der Waals surface area contributed by atoms with Crippen molar-refractivity contribution in [3.05, 3.63) is 0 Å². The fraction of sp³-hybridized carbons (Fsp3) is 0.889. The molecule has 2 atom stereocenters.